The number of halogens is 3. The molecule has 4 rings (SSSR count). The molecule has 2 atom stereocenters. The zero-order valence-corrected chi connectivity index (χ0v) is 18.3. The number of aromatic nitrogens is 2. The van der Waals surface area contributed by atoms with Gasteiger partial charge in [-0.25, -0.2) is 9.97 Å². The van der Waals surface area contributed by atoms with Crippen LogP contribution in [-0.4, -0.2) is 54.4 Å². The van der Waals surface area contributed by atoms with Crippen molar-refractivity contribution in [2.24, 2.45) is 11.8 Å². The summed E-state index contributed by atoms with van der Waals surface area (Å²) < 4.78 is 38.5. The van der Waals surface area contributed by atoms with Crippen LogP contribution in [0.15, 0.2) is 12.4 Å². The maximum Gasteiger partial charge on any atom is 0.393 e. The van der Waals surface area contributed by atoms with E-state index in [9.17, 15) is 13.2 Å². The number of hydrogen-bond donors (Lipinski definition) is 2. The van der Waals surface area contributed by atoms with Crippen LogP contribution in [-0.2, 0) is 6.42 Å². The van der Waals surface area contributed by atoms with E-state index < -0.39 is 12.6 Å². The highest BCUT2D eigenvalue weighted by atomic mass is 32.1. The minimum Gasteiger partial charge on any atom is -0.356 e. The van der Waals surface area contributed by atoms with E-state index in [0.717, 1.165) is 68.0 Å². The Hall–Kier alpha value is -1.45. The van der Waals surface area contributed by atoms with E-state index in [-0.39, 0.29) is 0 Å². The third-order valence-corrected chi connectivity index (χ3v) is 7.27. The zero-order chi connectivity index (χ0) is 21.3. The van der Waals surface area contributed by atoms with Gasteiger partial charge in [-0.05, 0) is 37.2 Å². The van der Waals surface area contributed by atoms with Crippen LogP contribution in [0.4, 0.5) is 19.0 Å². The van der Waals surface area contributed by atoms with Gasteiger partial charge in [-0.2, -0.15) is 13.2 Å². The summed E-state index contributed by atoms with van der Waals surface area (Å²) in [5.41, 5.74) is 0. The van der Waals surface area contributed by atoms with E-state index in [1.165, 1.54) is 6.33 Å². The molecule has 166 valence electrons. The van der Waals surface area contributed by atoms with Crippen molar-refractivity contribution in [2.75, 3.05) is 31.1 Å². The molecule has 0 aliphatic carbocycles. The maximum atomic E-state index is 12.8. The molecule has 30 heavy (non-hydrogen) atoms. The van der Waals surface area contributed by atoms with Gasteiger partial charge < -0.3 is 15.5 Å². The fourth-order valence-corrected chi connectivity index (χ4v) is 5.64. The monoisotopic (exact) mass is 441 g/mol. The molecule has 2 N–H and O–H groups in total. The van der Waals surface area contributed by atoms with Gasteiger partial charge in [0.25, 0.3) is 0 Å². The van der Waals surface area contributed by atoms with Crippen molar-refractivity contribution in [1.82, 2.24) is 20.6 Å². The molecule has 2 aliphatic heterocycles. The molecule has 9 heteroatoms. The number of rotatable bonds is 6. The van der Waals surface area contributed by atoms with Gasteiger partial charge in [0.1, 0.15) is 17.0 Å². The summed E-state index contributed by atoms with van der Waals surface area (Å²) in [6.07, 6.45) is -0.489. The molecule has 1 unspecified atom stereocenters. The minimum atomic E-state index is -4.21. The first kappa shape index (κ1) is 21.8. The van der Waals surface area contributed by atoms with Crippen LogP contribution < -0.4 is 15.5 Å². The molecule has 5 nitrogen and oxygen atoms in total. The standard InChI is InChI=1S/C21H30F3N5S/c1-13(2)18(14-10-25-11-14)28-15-4-3-6-29(7-5-15)19-17-8-16(9-21(22,23)24)30-20(17)27-12-26-19/h8,12-15,18,25,28H,3-7,9-11H2,1-2H3/t15?,18-/m1/s1. The Kier molecular flexibility index (Phi) is 6.50. The molecule has 4 heterocycles. The van der Waals surface area contributed by atoms with Gasteiger partial charge in [0.2, 0.25) is 0 Å². The summed E-state index contributed by atoms with van der Waals surface area (Å²) in [7, 11) is 0. The highest BCUT2D eigenvalue weighted by Crippen LogP contribution is 2.34. The third-order valence-electron chi connectivity index (χ3n) is 6.23. The lowest BCUT2D eigenvalue weighted by Crippen LogP contribution is -2.57. The highest BCUT2D eigenvalue weighted by molar-refractivity contribution is 7.18. The van der Waals surface area contributed by atoms with Gasteiger partial charge in [0, 0.05) is 43.1 Å². The molecule has 2 saturated heterocycles. The number of alkyl halides is 3. The third kappa shape index (κ3) is 5.06. The summed E-state index contributed by atoms with van der Waals surface area (Å²) in [4.78, 5) is 11.8. The largest absolute Gasteiger partial charge is 0.393 e. The number of anilines is 1. The number of fused-ring (bicyclic) bond motifs is 1. The molecule has 2 aromatic rings. The number of hydrogen-bond acceptors (Lipinski definition) is 6. The van der Waals surface area contributed by atoms with Crippen molar-refractivity contribution in [3.8, 4) is 0 Å². The van der Waals surface area contributed by atoms with E-state index >= 15 is 0 Å². The van der Waals surface area contributed by atoms with Crippen LogP contribution in [0.1, 0.15) is 38.0 Å². The first-order valence-corrected chi connectivity index (χ1v) is 11.6. The number of nitrogens with one attached hydrogen (secondary N) is 2. The summed E-state index contributed by atoms with van der Waals surface area (Å²) in [6, 6.07) is 2.61. The molecule has 2 fully saturated rings. The van der Waals surface area contributed by atoms with E-state index in [2.05, 4.69) is 39.3 Å². The molecular formula is C21H30F3N5S. The molecule has 0 spiro atoms. The molecule has 0 amide bonds. The molecule has 0 saturated carbocycles. The highest BCUT2D eigenvalue weighted by Gasteiger charge is 2.32. The van der Waals surface area contributed by atoms with E-state index in [1.807, 2.05) is 0 Å². The number of nitrogens with zero attached hydrogens (tertiary/aromatic N) is 3. The normalized spacial score (nSPS) is 22.3. The summed E-state index contributed by atoms with van der Waals surface area (Å²) in [6.45, 7) is 8.46. The predicted octanol–water partition coefficient (Wildman–Crippen LogP) is 3.99. The fraction of sp³-hybridized carbons (Fsp3) is 0.714. The van der Waals surface area contributed by atoms with Crippen LogP contribution in [0.5, 0.6) is 0 Å². The van der Waals surface area contributed by atoms with Gasteiger partial charge in [0.05, 0.1) is 11.8 Å². The molecule has 0 aromatic carbocycles. The van der Waals surface area contributed by atoms with Gasteiger partial charge >= 0.3 is 6.18 Å². The molecule has 2 aliphatic rings. The van der Waals surface area contributed by atoms with Crippen molar-refractivity contribution >= 4 is 27.4 Å². The molecular weight excluding hydrogens is 411 g/mol. The van der Waals surface area contributed by atoms with Crippen molar-refractivity contribution in [3.05, 3.63) is 17.3 Å². The lowest BCUT2D eigenvalue weighted by molar-refractivity contribution is -0.126. The van der Waals surface area contributed by atoms with Crippen LogP contribution in [0.3, 0.4) is 0 Å². The SMILES string of the molecule is CC(C)[C@@H](NC1CCCN(c2ncnc3sc(CC(F)(F)F)cc23)CC1)C1CNC1. The van der Waals surface area contributed by atoms with Crippen molar-refractivity contribution < 1.29 is 13.2 Å². The van der Waals surface area contributed by atoms with Crippen LogP contribution >= 0.6 is 11.3 Å². The maximum absolute atomic E-state index is 12.8. The quantitative estimate of drug-likeness (QED) is 0.710. The second-order valence-corrected chi connectivity index (χ2v) is 10.0. The molecule has 2 aromatic heterocycles. The average Bonchev–Trinajstić information content (AvgIpc) is 2.87. The lowest BCUT2D eigenvalue weighted by atomic mass is 9.85. The van der Waals surface area contributed by atoms with Crippen molar-refractivity contribution in [2.45, 2.75) is 57.8 Å². The Morgan fingerprint density at radius 2 is 2.03 bits per heavy atom. The smallest absolute Gasteiger partial charge is 0.356 e. The Balaban J connectivity index is 1.45. The summed E-state index contributed by atoms with van der Waals surface area (Å²) in [5.74, 6) is 2.06. The average molecular weight is 442 g/mol. The summed E-state index contributed by atoms with van der Waals surface area (Å²) >= 11 is 1.12. The topological polar surface area (TPSA) is 53.1 Å². The Morgan fingerprint density at radius 3 is 2.70 bits per heavy atom. The second kappa shape index (κ2) is 8.96. The minimum absolute atomic E-state index is 0.294. The Labute approximate surface area is 179 Å². The van der Waals surface area contributed by atoms with Crippen molar-refractivity contribution in [1.29, 1.82) is 0 Å². The van der Waals surface area contributed by atoms with Crippen molar-refractivity contribution in [3.63, 3.8) is 0 Å². The van der Waals surface area contributed by atoms with Gasteiger partial charge in [-0.1, -0.05) is 13.8 Å². The first-order chi connectivity index (χ1) is 14.3. The van der Waals surface area contributed by atoms with Gasteiger partial charge in [-0.15, -0.1) is 11.3 Å². The zero-order valence-electron chi connectivity index (χ0n) is 17.5. The first-order valence-electron chi connectivity index (χ1n) is 10.8. The van der Waals surface area contributed by atoms with Gasteiger partial charge in [0.15, 0.2) is 0 Å². The van der Waals surface area contributed by atoms with Crippen LogP contribution in [0.25, 0.3) is 10.2 Å². The summed E-state index contributed by atoms with van der Waals surface area (Å²) in [5, 5.41) is 8.03. The van der Waals surface area contributed by atoms with E-state index in [1.54, 1.807) is 6.07 Å². The second-order valence-electron chi connectivity index (χ2n) is 8.89. The van der Waals surface area contributed by atoms with E-state index in [0.29, 0.717) is 33.6 Å². The lowest BCUT2D eigenvalue weighted by Gasteiger charge is -2.39. The fourth-order valence-electron chi connectivity index (χ4n) is 4.61. The van der Waals surface area contributed by atoms with E-state index in [4.69, 9.17) is 0 Å². The predicted molar refractivity (Wildman–Crippen MR) is 115 cm³/mol. The molecule has 0 bridgehead atoms. The van der Waals surface area contributed by atoms with Crippen LogP contribution in [0, 0.1) is 11.8 Å². The Bertz CT molecular complexity index is 849. The van der Waals surface area contributed by atoms with Crippen LogP contribution in [0.2, 0.25) is 0 Å². The Morgan fingerprint density at radius 1 is 1.23 bits per heavy atom. The van der Waals surface area contributed by atoms with Gasteiger partial charge in [-0.3, -0.25) is 0 Å². The number of thiophene rings is 1. The molecule has 0 radical (unpaired) electrons.